The Bertz CT molecular complexity index is 136. The Morgan fingerprint density at radius 3 is 2.70 bits per heavy atom. The van der Waals surface area contributed by atoms with E-state index >= 15 is 0 Å². The van der Waals surface area contributed by atoms with E-state index in [0.29, 0.717) is 5.92 Å². The van der Waals surface area contributed by atoms with Gasteiger partial charge in [-0.2, -0.15) is 0 Å². The van der Waals surface area contributed by atoms with Crippen molar-refractivity contribution in [2.75, 3.05) is 0 Å². The van der Waals surface area contributed by atoms with Crippen LogP contribution in [0.3, 0.4) is 0 Å². The molecule has 1 heteroatoms. The molecule has 1 aliphatic carbocycles. The van der Waals surface area contributed by atoms with Crippen LogP contribution in [-0.4, -0.2) is 11.2 Å². The highest BCUT2D eigenvalue weighted by atomic mass is 16.3. The quantitative estimate of drug-likeness (QED) is 0.553. The maximum atomic E-state index is 9.16. The maximum absolute atomic E-state index is 9.16. The van der Waals surface area contributed by atoms with Gasteiger partial charge in [0.25, 0.3) is 0 Å². The molecule has 0 amide bonds. The van der Waals surface area contributed by atoms with E-state index < -0.39 is 0 Å². The summed E-state index contributed by atoms with van der Waals surface area (Å²) in [5.74, 6) is 0.674. The predicted octanol–water partition coefficient (Wildman–Crippen LogP) is 2.11. The molecular formula is C9H16O. The predicted molar refractivity (Wildman–Crippen MR) is 42.8 cm³/mol. The van der Waals surface area contributed by atoms with E-state index in [1.54, 1.807) is 0 Å². The molecular weight excluding hydrogens is 124 g/mol. The second kappa shape index (κ2) is 3.20. The van der Waals surface area contributed by atoms with Crippen LogP contribution >= 0.6 is 0 Å². The van der Waals surface area contributed by atoms with Gasteiger partial charge in [-0.15, -0.1) is 0 Å². The number of hydrogen-bond donors (Lipinski definition) is 1. The summed E-state index contributed by atoms with van der Waals surface area (Å²) in [7, 11) is 0. The molecule has 0 aliphatic heterocycles. The first-order valence-corrected chi connectivity index (χ1v) is 4.07. The third-order valence-electron chi connectivity index (χ3n) is 2.16. The lowest BCUT2D eigenvalue weighted by Gasteiger charge is -2.19. The van der Waals surface area contributed by atoms with Crippen molar-refractivity contribution >= 4 is 0 Å². The van der Waals surface area contributed by atoms with Crippen molar-refractivity contribution in [1.82, 2.24) is 0 Å². The van der Waals surface area contributed by atoms with E-state index in [4.69, 9.17) is 5.11 Å². The van der Waals surface area contributed by atoms with Crippen molar-refractivity contribution in [3.05, 3.63) is 11.6 Å². The summed E-state index contributed by atoms with van der Waals surface area (Å²) < 4.78 is 0. The van der Waals surface area contributed by atoms with E-state index in [2.05, 4.69) is 19.9 Å². The molecule has 1 N–H and O–H groups in total. The van der Waals surface area contributed by atoms with Gasteiger partial charge in [0.2, 0.25) is 0 Å². The van der Waals surface area contributed by atoms with Crippen LogP contribution in [0, 0.1) is 5.92 Å². The van der Waals surface area contributed by atoms with Crippen molar-refractivity contribution in [2.45, 2.75) is 39.2 Å². The fourth-order valence-corrected chi connectivity index (χ4v) is 1.36. The van der Waals surface area contributed by atoms with Crippen molar-refractivity contribution in [1.29, 1.82) is 0 Å². The highest BCUT2D eigenvalue weighted by Gasteiger charge is 2.12. The number of rotatable bonds is 1. The van der Waals surface area contributed by atoms with Crippen LogP contribution in [-0.2, 0) is 0 Å². The number of aliphatic hydroxyl groups excluding tert-OH is 1. The first-order chi connectivity index (χ1) is 4.70. The molecule has 1 aliphatic rings. The minimum Gasteiger partial charge on any atom is -0.393 e. The number of hydrogen-bond acceptors (Lipinski definition) is 1. The van der Waals surface area contributed by atoms with Crippen molar-refractivity contribution in [3.8, 4) is 0 Å². The number of aliphatic hydroxyl groups is 1. The molecule has 1 unspecified atom stereocenters. The molecule has 0 aromatic heterocycles. The average Bonchev–Trinajstić information content (AvgIpc) is 1.88. The summed E-state index contributed by atoms with van der Waals surface area (Å²) in [5.41, 5.74) is 1.52. The van der Waals surface area contributed by atoms with Gasteiger partial charge in [0, 0.05) is 0 Å². The maximum Gasteiger partial charge on any atom is 0.0577 e. The van der Waals surface area contributed by atoms with Crippen LogP contribution in [0.1, 0.15) is 33.1 Å². The Kier molecular flexibility index (Phi) is 2.50. The Balaban J connectivity index is 2.48. The second-order valence-corrected chi connectivity index (χ2v) is 3.36. The van der Waals surface area contributed by atoms with Crippen LogP contribution in [0.4, 0.5) is 0 Å². The van der Waals surface area contributed by atoms with Gasteiger partial charge in [-0.1, -0.05) is 25.5 Å². The van der Waals surface area contributed by atoms with E-state index in [1.165, 1.54) is 5.57 Å². The molecule has 0 saturated carbocycles. The molecule has 0 heterocycles. The molecule has 58 valence electrons. The standard InChI is InChI=1S/C9H16O/c1-7(2)8-3-5-9(10)6-4-8/h3,7,9-10H,4-6H2,1-2H3. The zero-order chi connectivity index (χ0) is 7.56. The topological polar surface area (TPSA) is 20.2 Å². The summed E-state index contributed by atoms with van der Waals surface area (Å²) in [4.78, 5) is 0. The summed E-state index contributed by atoms with van der Waals surface area (Å²) in [6.07, 6.45) is 5.05. The first-order valence-electron chi connectivity index (χ1n) is 4.07. The molecule has 0 aromatic rings. The number of allylic oxidation sites excluding steroid dienone is 1. The summed E-state index contributed by atoms with van der Waals surface area (Å²) in [6.45, 7) is 4.42. The molecule has 0 saturated heterocycles. The normalized spacial score (nSPS) is 26.8. The minimum atomic E-state index is -0.0671. The zero-order valence-corrected chi connectivity index (χ0v) is 6.80. The monoisotopic (exact) mass is 140 g/mol. The summed E-state index contributed by atoms with van der Waals surface area (Å²) in [5, 5.41) is 9.16. The molecule has 10 heavy (non-hydrogen) atoms. The highest BCUT2D eigenvalue weighted by Crippen LogP contribution is 2.23. The van der Waals surface area contributed by atoms with Gasteiger partial charge >= 0.3 is 0 Å². The van der Waals surface area contributed by atoms with E-state index in [-0.39, 0.29) is 6.10 Å². The van der Waals surface area contributed by atoms with Gasteiger partial charge < -0.3 is 5.11 Å². The van der Waals surface area contributed by atoms with Gasteiger partial charge in [-0.05, 0) is 25.2 Å². The summed E-state index contributed by atoms with van der Waals surface area (Å²) in [6, 6.07) is 0. The van der Waals surface area contributed by atoms with Crippen LogP contribution in [0.25, 0.3) is 0 Å². The fourth-order valence-electron chi connectivity index (χ4n) is 1.36. The minimum absolute atomic E-state index is 0.0671. The molecule has 0 fully saturated rings. The fraction of sp³-hybridized carbons (Fsp3) is 0.778. The van der Waals surface area contributed by atoms with Crippen molar-refractivity contribution < 1.29 is 5.11 Å². The molecule has 1 nitrogen and oxygen atoms in total. The Hall–Kier alpha value is -0.300. The van der Waals surface area contributed by atoms with Gasteiger partial charge in [0.05, 0.1) is 6.10 Å². The SMILES string of the molecule is CC(C)C1=CCC(O)CC1. The largest absolute Gasteiger partial charge is 0.393 e. The lowest BCUT2D eigenvalue weighted by atomic mass is 9.90. The average molecular weight is 140 g/mol. The molecule has 0 spiro atoms. The van der Waals surface area contributed by atoms with Crippen LogP contribution in [0.5, 0.6) is 0 Å². The Morgan fingerprint density at radius 1 is 1.60 bits per heavy atom. The highest BCUT2D eigenvalue weighted by molar-refractivity contribution is 5.08. The third kappa shape index (κ3) is 1.84. The second-order valence-electron chi connectivity index (χ2n) is 3.36. The molecule has 0 radical (unpaired) electrons. The molecule has 1 atom stereocenters. The van der Waals surface area contributed by atoms with Gasteiger partial charge in [-0.3, -0.25) is 0 Å². The molecule has 0 aromatic carbocycles. The van der Waals surface area contributed by atoms with E-state index in [1.807, 2.05) is 0 Å². The third-order valence-corrected chi connectivity index (χ3v) is 2.16. The Labute approximate surface area is 62.8 Å². The van der Waals surface area contributed by atoms with Gasteiger partial charge in [0.1, 0.15) is 0 Å². The molecule has 0 bridgehead atoms. The van der Waals surface area contributed by atoms with Gasteiger partial charge in [-0.25, -0.2) is 0 Å². The van der Waals surface area contributed by atoms with Crippen LogP contribution < -0.4 is 0 Å². The smallest absolute Gasteiger partial charge is 0.0577 e. The van der Waals surface area contributed by atoms with Crippen molar-refractivity contribution in [3.63, 3.8) is 0 Å². The lowest BCUT2D eigenvalue weighted by Crippen LogP contribution is -2.12. The Morgan fingerprint density at radius 2 is 2.30 bits per heavy atom. The summed E-state index contributed by atoms with van der Waals surface area (Å²) >= 11 is 0. The zero-order valence-electron chi connectivity index (χ0n) is 6.80. The van der Waals surface area contributed by atoms with Crippen LogP contribution in [0.2, 0.25) is 0 Å². The first kappa shape index (κ1) is 7.80. The van der Waals surface area contributed by atoms with Gasteiger partial charge in [0.15, 0.2) is 0 Å². The lowest BCUT2D eigenvalue weighted by molar-refractivity contribution is 0.161. The van der Waals surface area contributed by atoms with E-state index in [9.17, 15) is 0 Å². The van der Waals surface area contributed by atoms with Crippen molar-refractivity contribution in [2.24, 2.45) is 5.92 Å². The van der Waals surface area contributed by atoms with Crippen LogP contribution in [0.15, 0.2) is 11.6 Å². The molecule has 1 rings (SSSR count). The van der Waals surface area contributed by atoms with E-state index in [0.717, 1.165) is 19.3 Å².